The molecule has 0 bridgehead atoms. The molecule has 1 heterocycles. The molecule has 38 heavy (non-hydrogen) atoms. The summed E-state index contributed by atoms with van der Waals surface area (Å²) in [5.74, 6) is -0.452. The topological polar surface area (TPSA) is 68.7 Å². The molecule has 0 aliphatic carbocycles. The van der Waals surface area contributed by atoms with Gasteiger partial charge in [0.1, 0.15) is 5.75 Å². The van der Waals surface area contributed by atoms with E-state index in [0.29, 0.717) is 23.6 Å². The summed E-state index contributed by atoms with van der Waals surface area (Å²) in [6, 6.07) is 19.9. The zero-order valence-corrected chi connectivity index (χ0v) is 21.6. The van der Waals surface area contributed by atoms with Crippen molar-refractivity contribution in [3.05, 3.63) is 105 Å². The first-order chi connectivity index (χ1) is 18.2. The number of alkyl halides is 3. The average Bonchev–Trinajstić information content (AvgIpc) is 3.38. The van der Waals surface area contributed by atoms with Gasteiger partial charge in [0, 0.05) is 18.6 Å². The van der Waals surface area contributed by atoms with Gasteiger partial charge in [-0.3, -0.25) is 0 Å². The lowest BCUT2D eigenvalue weighted by molar-refractivity contribution is -0.150. The molecule has 4 aromatic rings. The Kier molecular flexibility index (Phi) is 8.48. The summed E-state index contributed by atoms with van der Waals surface area (Å²) < 4.78 is 51.0. The fraction of sp³-hybridized carbons (Fsp3) is 0.241. The number of ether oxygens (including phenoxy) is 2. The maximum absolute atomic E-state index is 13.1. The molecule has 2 atom stereocenters. The number of rotatable bonds is 10. The Bertz CT molecular complexity index is 1370. The molecule has 5 nitrogen and oxygen atoms in total. The number of aromatic nitrogens is 1. The van der Waals surface area contributed by atoms with Gasteiger partial charge in [0.2, 0.25) is 0 Å². The van der Waals surface area contributed by atoms with E-state index in [1.165, 1.54) is 23.5 Å². The molecule has 9 heteroatoms. The lowest BCUT2D eigenvalue weighted by Gasteiger charge is -2.21. The summed E-state index contributed by atoms with van der Waals surface area (Å²) in [4.78, 5) is 16.7. The number of aryl methyl sites for hydroxylation is 1. The molecule has 198 valence electrons. The van der Waals surface area contributed by atoms with Gasteiger partial charge in [0.15, 0.2) is 12.2 Å². The summed E-state index contributed by atoms with van der Waals surface area (Å²) >= 11 is 1.36. The Morgan fingerprint density at radius 3 is 2.37 bits per heavy atom. The number of carbonyl (C=O) groups is 1. The van der Waals surface area contributed by atoms with Crippen LogP contribution in [0, 0.1) is 6.92 Å². The molecule has 0 spiro atoms. The molecule has 1 aromatic heterocycles. The van der Waals surface area contributed by atoms with Crippen LogP contribution in [0.15, 0.2) is 78.3 Å². The van der Waals surface area contributed by atoms with Gasteiger partial charge in [0.25, 0.3) is 0 Å². The predicted octanol–water partition coefficient (Wildman–Crippen LogP) is 7.34. The minimum Gasteiger partial charge on any atom is -0.480 e. The van der Waals surface area contributed by atoms with Gasteiger partial charge in [0.05, 0.1) is 21.6 Å². The third-order valence-corrected chi connectivity index (χ3v) is 6.91. The van der Waals surface area contributed by atoms with Crippen molar-refractivity contribution in [1.82, 2.24) is 4.98 Å². The van der Waals surface area contributed by atoms with Crippen molar-refractivity contribution in [3.63, 3.8) is 0 Å². The van der Waals surface area contributed by atoms with E-state index in [0.717, 1.165) is 33.7 Å². The first-order valence-electron chi connectivity index (χ1n) is 11.9. The van der Waals surface area contributed by atoms with Crippen LogP contribution in [0.4, 0.5) is 13.2 Å². The van der Waals surface area contributed by atoms with Crippen LogP contribution in [-0.4, -0.2) is 28.8 Å². The highest BCUT2D eigenvalue weighted by Crippen LogP contribution is 2.39. The first kappa shape index (κ1) is 27.3. The standard InChI is InChI=1S/C29H26F3NO4S/c1-3-36-24(28(34)35)16-21-11-14-23(15-18(21)2)37-26(20-7-5-4-6-8-20)27-25(33-17-38-27)19-9-12-22(13-10-19)29(30,31)32/h4-15,17,24,26H,3,16H2,1-2H3,(H,34,35). The van der Waals surface area contributed by atoms with Gasteiger partial charge in [-0.05, 0) is 54.8 Å². The average molecular weight is 542 g/mol. The highest BCUT2D eigenvalue weighted by molar-refractivity contribution is 7.10. The smallest absolute Gasteiger partial charge is 0.416 e. The molecule has 3 aromatic carbocycles. The van der Waals surface area contributed by atoms with Crippen molar-refractivity contribution in [2.45, 2.75) is 38.7 Å². The number of thiazole rings is 1. The van der Waals surface area contributed by atoms with Gasteiger partial charge in [-0.25, -0.2) is 9.78 Å². The number of hydrogen-bond donors (Lipinski definition) is 1. The maximum Gasteiger partial charge on any atom is 0.416 e. The second kappa shape index (κ2) is 11.8. The molecule has 0 aliphatic heterocycles. The number of nitrogens with zero attached hydrogens (tertiary/aromatic N) is 1. The van der Waals surface area contributed by atoms with Crippen molar-refractivity contribution < 1.29 is 32.5 Å². The van der Waals surface area contributed by atoms with Crippen molar-refractivity contribution in [2.75, 3.05) is 6.61 Å². The fourth-order valence-corrected chi connectivity index (χ4v) is 4.96. The molecular formula is C29H26F3NO4S. The highest BCUT2D eigenvalue weighted by Gasteiger charge is 2.30. The lowest BCUT2D eigenvalue weighted by atomic mass is 10.0. The number of hydrogen-bond acceptors (Lipinski definition) is 5. The Morgan fingerprint density at radius 2 is 1.76 bits per heavy atom. The Labute approximate surface area is 222 Å². The summed E-state index contributed by atoms with van der Waals surface area (Å²) in [5, 5.41) is 9.43. The lowest BCUT2D eigenvalue weighted by Crippen LogP contribution is -2.26. The van der Waals surface area contributed by atoms with Crippen molar-refractivity contribution in [1.29, 1.82) is 0 Å². The molecule has 0 saturated heterocycles. The minimum absolute atomic E-state index is 0.227. The summed E-state index contributed by atoms with van der Waals surface area (Å²) in [6.07, 6.45) is -5.70. The second-order valence-electron chi connectivity index (χ2n) is 8.62. The fourth-order valence-electron chi connectivity index (χ4n) is 4.10. The van der Waals surface area contributed by atoms with E-state index in [9.17, 15) is 23.1 Å². The van der Waals surface area contributed by atoms with E-state index in [-0.39, 0.29) is 6.42 Å². The van der Waals surface area contributed by atoms with Crippen LogP contribution in [0.2, 0.25) is 0 Å². The van der Waals surface area contributed by atoms with E-state index < -0.39 is 29.9 Å². The van der Waals surface area contributed by atoms with E-state index >= 15 is 0 Å². The number of aliphatic carboxylic acids is 1. The number of halogens is 3. The van der Waals surface area contributed by atoms with Gasteiger partial charge >= 0.3 is 12.1 Å². The summed E-state index contributed by atoms with van der Waals surface area (Å²) in [7, 11) is 0. The number of carboxylic acid groups (broad SMARTS) is 1. The monoisotopic (exact) mass is 541 g/mol. The maximum atomic E-state index is 13.1. The number of carboxylic acids is 1. The van der Waals surface area contributed by atoms with Crippen molar-refractivity contribution in [3.8, 4) is 17.0 Å². The predicted molar refractivity (Wildman–Crippen MR) is 139 cm³/mol. The molecule has 0 aliphatic rings. The Balaban J connectivity index is 1.66. The van der Waals surface area contributed by atoms with Crippen LogP contribution < -0.4 is 4.74 Å². The molecule has 0 amide bonds. The zero-order valence-electron chi connectivity index (χ0n) is 20.7. The summed E-state index contributed by atoms with van der Waals surface area (Å²) in [5.41, 5.74) is 4.57. The molecule has 0 radical (unpaired) electrons. The molecule has 2 unspecified atom stereocenters. The van der Waals surface area contributed by atoms with Gasteiger partial charge in [-0.1, -0.05) is 48.5 Å². The van der Waals surface area contributed by atoms with Crippen LogP contribution in [0.25, 0.3) is 11.3 Å². The molecule has 4 rings (SSSR count). The quantitative estimate of drug-likeness (QED) is 0.228. The molecule has 1 N–H and O–H groups in total. The normalized spacial score (nSPS) is 13.2. The largest absolute Gasteiger partial charge is 0.480 e. The third kappa shape index (κ3) is 6.41. The third-order valence-electron chi connectivity index (χ3n) is 6.04. The van der Waals surface area contributed by atoms with Crippen molar-refractivity contribution in [2.24, 2.45) is 0 Å². The summed E-state index contributed by atoms with van der Waals surface area (Å²) in [6.45, 7) is 3.93. The molecular weight excluding hydrogens is 515 g/mol. The van der Waals surface area contributed by atoms with Gasteiger partial charge in [-0.15, -0.1) is 11.3 Å². The van der Waals surface area contributed by atoms with Crippen LogP contribution >= 0.6 is 11.3 Å². The van der Waals surface area contributed by atoms with Crippen LogP contribution in [0.5, 0.6) is 5.75 Å². The Hall–Kier alpha value is -3.69. The van der Waals surface area contributed by atoms with E-state index in [1.54, 1.807) is 18.5 Å². The van der Waals surface area contributed by atoms with Gasteiger partial charge < -0.3 is 14.6 Å². The highest BCUT2D eigenvalue weighted by atomic mass is 32.1. The van der Waals surface area contributed by atoms with E-state index in [2.05, 4.69) is 4.98 Å². The van der Waals surface area contributed by atoms with Crippen molar-refractivity contribution >= 4 is 17.3 Å². The van der Waals surface area contributed by atoms with Crippen LogP contribution in [0.1, 0.15) is 40.2 Å². The van der Waals surface area contributed by atoms with Crippen LogP contribution in [0.3, 0.4) is 0 Å². The number of benzene rings is 3. The molecule has 0 saturated carbocycles. The van der Waals surface area contributed by atoms with Crippen LogP contribution in [-0.2, 0) is 22.1 Å². The first-order valence-corrected chi connectivity index (χ1v) is 12.8. The minimum atomic E-state index is -4.42. The van der Waals surface area contributed by atoms with E-state index in [1.807, 2.05) is 49.4 Å². The SMILES string of the molecule is CCOC(Cc1ccc(OC(c2ccccc2)c2scnc2-c2ccc(C(F)(F)F)cc2)cc1C)C(=O)O. The Morgan fingerprint density at radius 1 is 1.05 bits per heavy atom. The molecule has 0 fully saturated rings. The van der Waals surface area contributed by atoms with E-state index in [4.69, 9.17) is 9.47 Å². The second-order valence-corrected chi connectivity index (χ2v) is 9.51. The van der Waals surface area contributed by atoms with Gasteiger partial charge in [-0.2, -0.15) is 13.2 Å². The zero-order chi connectivity index (χ0) is 27.3.